The van der Waals surface area contributed by atoms with Crippen molar-refractivity contribution < 1.29 is 9.59 Å². The summed E-state index contributed by atoms with van der Waals surface area (Å²) in [4.78, 5) is 25.9. The molecule has 0 aliphatic heterocycles. The SMILES string of the molecule is CN(C)C(=O)c1cc(NC(=O)[C@@H]2CCC[C@@H]2CN)ccc1Cl. The Hall–Kier alpha value is -1.59. The van der Waals surface area contributed by atoms with Gasteiger partial charge in [0.05, 0.1) is 10.6 Å². The first-order chi connectivity index (χ1) is 10.4. The average molecular weight is 324 g/mol. The number of nitrogens with zero attached hydrogens (tertiary/aromatic N) is 1. The minimum atomic E-state index is -0.193. The minimum Gasteiger partial charge on any atom is -0.345 e. The Bertz CT molecular complexity index is 575. The fourth-order valence-electron chi connectivity index (χ4n) is 2.91. The Balaban J connectivity index is 2.15. The first-order valence-electron chi connectivity index (χ1n) is 7.46. The number of carbonyl (C=O) groups is 2. The van der Waals surface area contributed by atoms with Crippen molar-refractivity contribution >= 4 is 29.1 Å². The summed E-state index contributed by atoms with van der Waals surface area (Å²) in [5.41, 5.74) is 6.69. The van der Waals surface area contributed by atoms with E-state index in [0.29, 0.717) is 22.8 Å². The van der Waals surface area contributed by atoms with E-state index in [2.05, 4.69) is 5.32 Å². The summed E-state index contributed by atoms with van der Waals surface area (Å²) < 4.78 is 0. The Morgan fingerprint density at radius 1 is 1.36 bits per heavy atom. The molecule has 2 atom stereocenters. The largest absolute Gasteiger partial charge is 0.345 e. The quantitative estimate of drug-likeness (QED) is 0.893. The lowest BCUT2D eigenvalue weighted by atomic mass is 9.95. The Morgan fingerprint density at radius 3 is 2.73 bits per heavy atom. The number of halogens is 1. The van der Waals surface area contributed by atoms with Gasteiger partial charge in [-0.25, -0.2) is 0 Å². The van der Waals surface area contributed by atoms with Crippen LogP contribution in [0.5, 0.6) is 0 Å². The Kier molecular flexibility index (Phi) is 5.42. The lowest BCUT2D eigenvalue weighted by Crippen LogP contribution is -2.30. The summed E-state index contributed by atoms with van der Waals surface area (Å²) in [5, 5.41) is 3.26. The van der Waals surface area contributed by atoms with Crippen LogP contribution in [0.1, 0.15) is 29.6 Å². The molecule has 1 aliphatic carbocycles. The van der Waals surface area contributed by atoms with E-state index in [-0.39, 0.29) is 23.7 Å². The molecule has 0 spiro atoms. The van der Waals surface area contributed by atoms with E-state index >= 15 is 0 Å². The molecular weight excluding hydrogens is 302 g/mol. The fraction of sp³-hybridized carbons (Fsp3) is 0.500. The highest BCUT2D eigenvalue weighted by Crippen LogP contribution is 2.32. The van der Waals surface area contributed by atoms with Crippen LogP contribution >= 0.6 is 11.6 Å². The lowest BCUT2D eigenvalue weighted by Gasteiger charge is -2.18. The maximum Gasteiger partial charge on any atom is 0.254 e. The van der Waals surface area contributed by atoms with Crippen molar-refractivity contribution in [3.05, 3.63) is 28.8 Å². The molecular formula is C16H22ClN3O2. The van der Waals surface area contributed by atoms with Crippen molar-refractivity contribution in [1.29, 1.82) is 0 Å². The number of carbonyl (C=O) groups excluding carboxylic acids is 2. The second kappa shape index (κ2) is 7.11. The van der Waals surface area contributed by atoms with Gasteiger partial charge in [-0.2, -0.15) is 0 Å². The molecule has 1 aliphatic rings. The highest BCUT2D eigenvalue weighted by Gasteiger charge is 2.32. The summed E-state index contributed by atoms with van der Waals surface area (Å²) in [6.45, 7) is 0.531. The molecule has 2 amide bonds. The molecule has 1 saturated carbocycles. The van der Waals surface area contributed by atoms with Gasteiger partial charge in [0.2, 0.25) is 5.91 Å². The highest BCUT2D eigenvalue weighted by molar-refractivity contribution is 6.34. The van der Waals surface area contributed by atoms with E-state index in [4.69, 9.17) is 17.3 Å². The van der Waals surface area contributed by atoms with Crippen LogP contribution in [0, 0.1) is 11.8 Å². The molecule has 0 heterocycles. The average Bonchev–Trinajstić information content (AvgIpc) is 2.97. The van der Waals surface area contributed by atoms with Crippen molar-refractivity contribution in [2.45, 2.75) is 19.3 Å². The maximum absolute atomic E-state index is 12.4. The van der Waals surface area contributed by atoms with Crippen LogP contribution in [0.3, 0.4) is 0 Å². The predicted octanol–water partition coefficient (Wildman–Crippen LogP) is 2.36. The molecule has 3 N–H and O–H groups in total. The molecule has 1 fully saturated rings. The molecule has 5 nitrogen and oxygen atoms in total. The first kappa shape index (κ1) is 16.8. The van der Waals surface area contributed by atoms with E-state index < -0.39 is 0 Å². The first-order valence-corrected chi connectivity index (χ1v) is 7.84. The molecule has 0 bridgehead atoms. The molecule has 22 heavy (non-hydrogen) atoms. The van der Waals surface area contributed by atoms with Crippen molar-refractivity contribution in [1.82, 2.24) is 4.90 Å². The van der Waals surface area contributed by atoms with Gasteiger partial charge >= 0.3 is 0 Å². The number of nitrogens with two attached hydrogens (primary N) is 1. The molecule has 6 heteroatoms. The fourth-order valence-corrected chi connectivity index (χ4v) is 3.11. The number of benzene rings is 1. The van der Waals surface area contributed by atoms with E-state index in [1.165, 1.54) is 4.90 Å². The van der Waals surface area contributed by atoms with E-state index in [0.717, 1.165) is 19.3 Å². The van der Waals surface area contributed by atoms with Gasteiger partial charge in [-0.3, -0.25) is 9.59 Å². The normalized spacial score (nSPS) is 20.7. The van der Waals surface area contributed by atoms with Crippen molar-refractivity contribution in [3.63, 3.8) is 0 Å². The number of anilines is 1. The zero-order chi connectivity index (χ0) is 16.3. The van der Waals surface area contributed by atoms with Gasteiger partial charge in [0.1, 0.15) is 0 Å². The highest BCUT2D eigenvalue weighted by atomic mass is 35.5. The van der Waals surface area contributed by atoms with E-state index in [1.807, 2.05) is 0 Å². The second-order valence-electron chi connectivity index (χ2n) is 5.92. The Labute approximate surface area is 135 Å². The lowest BCUT2D eigenvalue weighted by molar-refractivity contribution is -0.120. The summed E-state index contributed by atoms with van der Waals surface area (Å²) in [5.74, 6) is -0.0239. The van der Waals surface area contributed by atoms with Crippen molar-refractivity contribution in [2.24, 2.45) is 17.6 Å². The van der Waals surface area contributed by atoms with Crippen LogP contribution in [-0.2, 0) is 4.79 Å². The summed E-state index contributed by atoms with van der Waals surface area (Å²) >= 11 is 6.07. The summed E-state index contributed by atoms with van der Waals surface area (Å²) in [6, 6.07) is 4.96. The van der Waals surface area contributed by atoms with Gasteiger partial charge < -0.3 is 16.0 Å². The van der Waals surface area contributed by atoms with Crippen LogP contribution in [0.25, 0.3) is 0 Å². The van der Waals surface area contributed by atoms with Crippen LogP contribution in [0.2, 0.25) is 5.02 Å². The van der Waals surface area contributed by atoms with Crippen LogP contribution in [0.15, 0.2) is 18.2 Å². The zero-order valence-corrected chi connectivity index (χ0v) is 13.7. The Morgan fingerprint density at radius 2 is 2.09 bits per heavy atom. The van der Waals surface area contributed by atoms with Gasteiger partial charge in [0.15, 0.2) is 0 Å². The molecule has 2 rings (SSSR count). The van der Waals surface area contributed by atoms with Crippen LogP contribution in [0.4, 0.5) is 5.69 Å². The van der Waals surface area contributed by atoms with Gasteiger partial charge in [0.25, 0.3) is 5.91 Å². The van der Waals surface area contributed by atoms with E-state index in [1.54, 1.807) is 32.3 Å². The summed E-state index contributed by atoms with van der Waals surface area (Å²) in [7, 11) is 3.32. The van der Waals surface area contributed by atoms with Crippen molar-refractivity contribution in [2.75, 3.05) is 26.0 Å². The molecule has 0 aromatic heterocycles. The van der Waals surface area contributed by atoms with E-state index in [9.17, 15) is 9.59 Å². The number of rotatable bonds is 4. The number of nitrogens with one attached hydrogen (secondary N) is 1. The number of hydrogen-bond donors (Lipinski definition) is 2. The third kappa shape index (κ3) is 3.59. The molecule has 0 unspecified atom stereocenters. The van der Waals surface area contributed by atoms with Gasteiger partial charge in [-0.1, -0.05) is 18.0 Å². The van der Waals surface area contributed by atoms with Gasteiger partial charge in [0, 0.05) is 25.7 Å². The molecule has 1 aromatic rings. The molecule has 120 valence electrons. The number of hydrogen-bond acceptors (Lipinski definition) is 3. The molecule has 0 radical (unpaired) electrons. The molecule has 1 aromatic carbocycles. The third-order valence-corrected chi connectivity index (χ3v) is 4.50. The van der Waals surface area contributed by atoms with Crippen molar-refractivity contribution in [3.8, 4) is 0 Å². The van der Waals surface area contributed by atoms with Crippen LogP contribution in [-0.4, -0.2) is 37.4 Å². The summed E-state index contributed by atoms with van der Waals surface area (Å²) in [6.07, 6.45) is 2.90. The van der Waals surface area contributed by atoms with Gasteiger partial charge in [-0.05, 0) is 43.5 Å². The topological polar surface area (TPSA) is 75.4 Å². The number of amides is 2. The second-order valence-corrected chi connectivity index (χ2v) is 6.32. The maximum atomic E-state index is 12.4. The van der Waals surface area contributed by atoms with Gasteiger partial charge in [-0.15, -0.1) is 0 Å². The molecule has 0 saturated heterocycles. The van der Waals surface area contributed by atoms with Crippen LogP contribution < -0.4 is 11.1 Å². The smallest absolute Gasteiger partial charge is 0.254 e. The minimum absolute atomic E-state index is 0.0291. The standard InChI is InChI=1S/C16H22ClN3O2/c1-20(2)16(22)13-8-11(6-7-14(13)17)19-15(21)12-5-3-4-10(12)9-18/h6-8,10,12H,3-5,9,18H2,1-2H3,(H,19,21)/t10-,12-/m1/s1. The monoisotopic (exact) mass is 323 g/mol. The zero-order valence-electron chi connectivity index (χ0n) is 12.9. The predicted molar refractivity (Wildman–Crippen MR) is 88.0 cm³/mol. The third-order valence-electron chi connectivity index (χ3n) is 4.17.